The van der Waals surface area contributed by atoms with E-state index in [2.05, 4.69) is 75.5 Å². The smallest absolute Gasteiger partial charge is 0.306 e. The monoisotopic (exact) mass is 685 g/mol. The van der Waals surface area contributed by atoms with Crippen molar-refractivity contribution in [3.8, 4) is 0 Å². The molecule has 0 rings (SSSR count). The summed E-state index contributed by atoms with van der Waals surface area (Å²) in [4.78, 5) is 37.4. The van der Waals surface area contributed by atoms with Crippen molar-refractivity contribution < 1.29 is 28.6 Å². The maximum atomic E-state index is 12.6. The Kier molecular flexibility index (Phi) is 35.7. The maximum absolute atomic E-state index is 12.6. The van der Waals surface area contributed by atoms with E-state index in [1.54, 1.807) is 0 Å². The van der Waals surface area contributed by atoms with Crippen LogP contribution in [-0.2, 0) is 28.6 Å². The van der Waals surface area contributed by atoms with E-state index in [1.807, 2.05) is 6.08 Å². The molecular weight excluding hydrogens is 612 g/mol. The SMILES string of the molecule is CC\C=C/C=C\C=C/CCCCCCCC(=O)OCC(COC(=O)CCC/C=C\CCCCCC)OC(=O)CCC/C=C\CCCCCC. The third kappa shape index (κ3) is 36.2. The fraction of sp³-hybridized carbons (Fsp3) is 0.698. The molecule has 0 aromatic rings. The number of hydrogen-bond donors (Lipinski definition) is 0. The highest BCUT2D eigenvalue weighted by Crippen LogP contribution is 2.11. The molecule has 0 aliphatic heterocycles. The van der Waals surface area contributed by atoms with E-state index in [-0.39, 0.29) is 37.5 Å². The number of hydrogen-bond acceptors (Lipinski definition) is 6. The number of esters is 3. The molecule has 0 heterocycles. The number of unbranched alkanes of at least 4 members (excludes halogenated alkanes) is 15. The standard InChI is InChI=1S/C43H72O6/c1-4-7-10-13-16-19-20-21-22-25-27-30-33-36-42(45)48-39-40(49-43(46)37-34-31-28-24-18-15-12-9-6-3)38-47-41(44)35-32-29-26-23-17-14-11-8-5-2/h7,10,13,16,19-20,23-24,26,28,40H,4-6,8-9,11-12,14-15,17-18,21-22,25,27,29-39H2,1-3H3/b10-7-,16-13-,20-19-,26-23-,28-24-. The van der Waals surface area contributed by atoms with Crippen LogP contribution in [-0.4, -0.2) is 37.2 Å². The minimum Gasteiger partial charge on any atom is -0.462 e. The third-order valence-corrected chi connectivity index (χ3v) is 8.04. The molecule has 1 unspecified atom stereocenters. The Morgan fingerprint density at radius 2 is 0.837 bits per heavy atom. The second kappa shape index (κ2) is 37.9. The summed E-state index contributed by atoms with van der Waals surface area (Å²) in [7, 11) is 0. The van der Waals surface area contributed by atoms with Gasteiger partial charge in [0.15, 0.2) is 6.10 Å². The molecule has 0 aliphatic rings. The van der Waals surface area contributed by atoms with Gasteiger partial charge in [0, 0.05) is 19.3 Å². The number of carbonyl (C=O) groups excluding carboxylic acids is 3. The van der Waals surface area contributed by atoms with Gasteiger partial charge in [0.1, 0.15) is 13.2 Å². The van der Waals surface area contributed by atoms with Gasteiger partial charge in [-0.15, -0.1) is 0 Å². The van der Waals surface area contributed by atoms with Crippen molar-refractivity contribution in [2.24, 2.45) is 0 Å². The van der Waals surface area contributed by atoms with Gasteiger partial charge in [0.25, 0.3) is 0 Å². The van der Waals surface area contributed by atoms with Crippen LogP contribution in [0.3, 0.4) is 0 Å². The molecule has 6 nitrogen and oxygen atoms in total. The van der Waals surface area contributed by atoms with Crippen LogP contribution in [0.15, 0.2) is 60.8 Å². The molecule has 280 valence electrons. The summed E-state index contributed by atoms with van der Waals surface area (Å²) < 4.78 is 16.5. The van der Waals surface area contributed by atoms with Crippen molar-refractivity contribution in [3.63, 3.8) is 0 Å². The van der Waals surface area contributed by atoms with E-state index >= 15 is 0 Å². The lowest BCUT2D eigenvalue weighted by atomic mass is 10.1. The van der Waals surface area contributed by atoms with Crippen LogP contribution in [0, 0.1) is 0 Å². The van der Waals surface area contributed by atoms with Crippen LogP contribution in [0.5, 0.6) is 0 Å². The summed E-state index contributed by atoms with van der Waals surface area (Å²) in [5.41, 5.74) is 0. The first-order valence-corrected chi connectivity index (χ1v) is 19.8. The Balaban J connectivity index is 4.47. The molecule has 0 bridgehead atoms. The van der Waals surface area contributed by atoms with Gasteiger partial charge in [-0.2, -0.15) is 0 Å². The Bertz CT molecular complexity index is 929. The Morgan fingerprint density at radius 1 is 0.429 bits per heavy atom. The summed E-state index contributed by atoms with van der Waals surface area (Å²) in [5.74, 6) is -1.01. The minimum atomic E-state index is -0.803. The van der Waals surface area contributed by atoms with Crippen LogP contribution in [0.2, 0.25) is 0 Å². The quantitative estimate of drug-likeness (QED) is 0.0221. The van der Waals surface area contributed by atoms with Crippen LogP contribution in [0.1, 0.15) is 175 Å². The highest BCUT2D eigenvalue weighted by atomic mass is 16.6. The van der Waals surface area contributed by atoms with Gasteiger partial charge in [0.05, 0.1) is 0 Å². The van der Waals surface area contributed by atoms with Crippen LogP contribution >= 0.6 is 0 Å². The number of rotatable bonds is 34. The molecule has 49 heavy (non-hydrogen) atoms. The van der Waals surface area contributed by atoms with Gasteiger partial charge in [-0.25, -0.2) is 0 Å². The van der Waals surface area contributed by atoms with Gasteiger partial charge < -0.3 is 14.2 Å². The summed E-state index contributed by atoms with van der Waals surface area (Å²) in [6, 6.07) is 0. The highest BCUT2D eigenvalue weighted by Gasteiger charge is 2.19. The molecule has 0 aromatic heterocycles. The zero-order valence-corrected chi connectivity index (χ0v) is 31.7. The molecule has 6 heteroatoms. The zero-order chi connectivity index (χ0) is 35.9. The Morgan fingerprint density at radius 3 is 1.37 bits per heavy atom. The largest absolute Gasteiger partial charge is 0.462 e. The fourth-order valence-electron chi connectivity index (χ4n) is 5.03. The average molecular weight is 685 g/mol. The van der Waals surface area contributed by atoms with Gasteiger partial charge in [-0.3, -0.25) is 14.4 Å². The molecular formula is C43H72O6. The Labute approximate surface area is 300 Å². The highest BCUT2D eigenvalue weighted by molar-refractivity contribution is 5.71. The van der Waals surface area contributed by atoms with Crippen LogP contribution < -0.4 is 0 Å². The second-order valence-electron chi connectivity index (χ2n) is 12.9. The first-order chi connectivity index (χ1) is 24.0. The molecule has 0 aliphatic carbocycles. The second-order valence-corrected chi connectivity index (χ2v) is 12.9. The van der Waals surface area contributed by atoms with Crippen molar-refractivity contribution >= 4 is 17.9 Å². The average Bonchev–Trinajstić information content (AvgIpc) is 3.10. The minimum absolute atomic E-state index is 0.106. The van der Waals surface area contributed by atoms with Crippen molar-refractivity contribution in [1.29, 1.82) is 0 Å². The molecule has 1 atom stereocenters. The number of ether oxygens (including phenoxy) is 3. The van der Waals surface area contributed by atoms with Gasteiger partial charge in [-0.1, -0.05) is 139 Å². The van der Waals surface area contributed by atoms with Crippen molar-refractivity contribution in [3.05, 3.63) is 60.8 Å². The van der Waals surface area contributed by atoms with E-state index in [0.717, 1.165) is 70.6 Å². The topological polar surface area (TPSA) is 78.9 Å². The third-order valence-electron chi connectivity index (χ3n) is 8.04. The molecule has 0 aromatic carbocycles. The zero-order valence-electron chi connectivity index (χ0n) is 31.7. The van der Waals surface area contributed by atoms with Crippen molar-refractivity contribution in [2.45, 2.75) is 181 Å². The molecule has 0 N–H and O–H groups in total. The normalized spacial score (nSPS) is 12.6. The van der Waals surface area contributed by atoms with Gasteiger partial charge in [0.2, 0.25) is 0 Å². The first kappa shape index (κ1) is 46.1. The Hall–Kier alpha value is -2.89. The molecule has 0 fully saturated rings. The summed E-state index contributed by atoms with van der Waals surface area (Å²) in [5, 5.41) is 0. The first-order valence-electron chi connectivity index (χ1n) is 19.8. The lowest BCUT2D eigenvalue weighted by Gasteiger charge is -2.18. The van der Waals surface area contributed by atoms with Gasteiger partial charge in [-0.05, 0) is 77.0 Å². The molecule has 0 amide bonds. The summed E-state index contributed by atoms with van der Waals surface area (Å²) in [6.07, 6.45) is 43.7. The predicted molar refractivity (Wildman–Crippen MR) is 205 cm³/mol. The van der Waals surface area contributed by atoms with Crippen molar-refractivity contribution in [1.82, 2.24) is 0 Å². The predicted octanol–water partition coefficient (Wildman–Crippen LogP) is 12.2. The lowest BCUT2D eigenvalue weighted by Crippen LogP contribution is -2.30. The maximum Gasteiger partial charge on any atom is 0.306 e. The molecule has 0 radical (unpaired) electrons. The van der Waals surface area contributed by atoms with Gasteiger partial charge >= 0.3 is 17.9 Å². The van der Waals surface area contributed by atoms with E-state index in [0.29, 0.717) is 25.7 Å². The number of carbonyl (C=O) groups is 3. The van der Waals surface area contributed by atoms with E-state index < -0.39 is 6.10 Å². The summed E-state index contributed by atoms with van der Waals surface area (Å²) in [6.45, 7) is 6.33. The number of allylic oxidation sites excluding steroid dienone is 10. The van der Waals surface area contributed by atoms with Crippen molar-refractivity contribution in [2.75, 3.05) is 13.2 Å². The van der Waals surface area contributed by atoms with Crippen LogP contribution in [0.4, 0.5) is 0 Å². The van der Waals surface area contributed by atoms with Crippen LogP contribution in [0.25, 0.3) is 0 Å². The van der Waals surface area contributed by atoms with E-state index in [9.17, 15) is 14.4 Å². The summed E-state index contributed by atoms with van der Waals surface area (Å²) >= 11 is 0. The molecule has 0 saturated carbocycles. The lowest BCUT2D eigenvalue weighted by molar-refractivity contribution is -0.167. The fourth-order valence-corrected chi connectivity index (χ4v) is 5.03. The van der Waals surface area contributed by atoms with E-state index in [4.69, 9.17) is 14.2 Å². The van der Waals surface area contributed by atoms with E-state index in [1.165, 1.54) is 51.4 Å². The molecule has 0 spiro atoms. The molecule has 0 saturated heterocycles.